The molecule has 0 rings (SSSR count). The maximum Gasteiger partial charge on any atom is 0.305 e. The van der Waals surface area contributed by atoms with Crippen molar-refractivity contribution in [3.63, 3.8) is 0 Å². The molecule has 0 saturated carbocycles. The molecular formula is C11H22O3. The molecule has 3 heteroatoms. The van der Waals surface area contributed by atoms with Crippen LogP contribution in [0.1, 0.15) is 47.5 Å². The summed E-state index contributed by atoms with van der Waals surface area (Å²) >= 11 is 0. The van der Waals surface area contributed by atoms with Crippen LogP contribution < -0.4 is 0 Å². The Balaban J connectivity index is 3.63. The molecule has 0 radical (unpaired) electrons. The van der Waals surface area contributed by atoms with Crippen molar-refractivity contribution in [2.75, 3.05) is 6.61 Å². The Morgan fingerprint density at radius 3 is 2.36 bits per heavy atom. The van der Waals surface area contributed by atoms with Gasteiger partial charge < -0.3 is 9.47 Å². The number of hydrogen-bond acceptors (Lipinski definition) is 3. The lowest BCUT2D eigenvalue weighted by Crippen LogP contribution is -2.26. The number of carbonyl (C=O) groups excluding carboxylic acids is 1. The van der Waals surface area contributed by atoms with E-state index < -0.39 is 0 Å². The fourth-order valence-corrected chi connectivity index (χ4v) is 1.22. The molecule has 0 aliphatic rings. The molecule has 0 aromatic heterocycles. The van der Waals surface area contributed by atoms with Crippen molar-refractivity contribution in [1.29, 1.82) is 0 Å². The minimum atomic E-state index is -0.145. The van der Waals surface area contributed by atoms with E-state index in [0.29, 0.717) is 13.0 Å². The van der Waals surface area contributed by atoms with Gasteiger partial charge in [0.05, 0.1) is 18.3 Å². The number of hydrogen-bond donors (Lipinski definition) is 0. The molecule has 0 unspecified atom stereocenters. The summed E-state index contributed by atoms with van der Waals surface area (Å²) in [5, 5.41) is 0. The molecular weight excluding hydrogens is 180 g/mol. The number of carbonyl (C=O) groups is 1. The zero-order valence-electron chi connectivity index (χ0n) is 9.92. The molecule has 0 aliphatic heterocycles. The van der Waals surface area contributed by atoms with Crippen molar-refractivity contribution in [3.05, 3.63) is 0 Å². The van der Waals surface area contributed by atoms with Gasteiger partial charge in [-0.3, -0.25) is 4.79 Å². The van der Waals surface area contributed by atoms with E-state index in [0.717, 1.165) is 6.42 Å². The third-order valence-corrected chi connectivity index (χ3v) is 1.62. The summed E-state index contributed by atoms with van der Waals surface area (Å²) in [6.45, 7) is 10.3. The van der Waals surface area contributed by atoms with Crippen LogP contribution >= 0.6 is 0 Å². The van der Waals surface area contributed by atoms with Crippen molar-refractivity contribution < 1.29 is 14.3 Å². The van der Waals surface area contributed by atoms with Gasteiger partial charge in [-0.15, -0.1) is 0 Å². The highest BCUT2D eigenvalue weighted by atomic mass is 16.5. The van der Waals surface area contributed by atoms with E-state index >= 15 is 0 Å². The van der Waals surface area contributed by atoms with Crippen LogP contribution in [0.4, 0.5) is 0 Å². The molecule has 0 aromatic carbocycles. The topological polar surface area (TPSA) is 35.5 Å². The van der Waals surface area contributed by atoms with Crippen molar-refractivity contribution in [3.8, 4) is 0 Å². The second-order valence-electron chi connectivity index (χ2n) is 4.38. The Kier molecular flexibility index (Phi) is 5.77. The van der Waals surface area contributed by atoms with Crippen molar-refractivity contribution in [2.24, 2.45) is 0 Å². The lowest BCUT2D eigenvalue weighted by atomic mass is 10.1. The molecule has 0 bridgehead atoms. The molecule has 0 saturated heterocycles. The average molecular weight is 202 g/mol. The standard InChI is InChI=1S/C11H22O3/c1-6-13-10(12)8-7-9(2)14-11(3,4)5/h9H,6-8H2,1-5H3/t9-/m1/s1. The smallest absolute Gasteiger partial charge is 0.305 e. The Hall–Kier alpha value is -0.570. The van der Waals surface area contributed by atoms with Gasteiger partial charge in [0.1, 0.15) is 0 Å². The lowest BCUT2D eigenvalue weighted by molar-refractivity contribution is -0.144. The largest absolute Gasteiger partial charge is 0.466 e. The van der Waals surface area contributed by atoms with Crippen LogP contribution in [-0.4, -0.2) is 24.3 Å². The fraction of sp³-hybridized carbons (Fsp3) is 0.909. The zero-order valence-corrected chi connectivity index (χ0v) is 9.92. The minimum Gasteiger partial charge on any atom is -0.466 e. The highest BCUT2D eigenvalue weighted by Crippen LogP contribution is 2.13. The van der Waals surface area contributed by atoms with Crippen LogP contribution in [0.3, 0.4) is 0 Å². The molecule has 0 aromatic rings. The van der Waals surface area contributed by atoms with E-state index in [9.17, 15) is 4.79 Å². The Bertz CT molecular complexity index is 170. The summed E-state index contributed by atoms with van der Waals surface area (Å²) < 4.78 is 10.5. The van der Waals surface area contributed by atoms with Crippen molar-refractivity contribution in [2.45, 2.75) is 59.2 Å². The van der Waals surface area contributed by atoms with Gasteiger partial charge in [-0.2, -0.15) is 0 Å². The lowest BCUT2D eigenvalue weighted by Gasteiger charge is -2.24. The first kappa shape index (κ1) is 13.4. The van der Waals surface area contributed by atoms with Crippen LogP contribution in [0, 0.1) is 0 Å². The summed E-state index contributed by atoms with van der Waals surface area (Å²) in [5.74, 6) is -0.142. The van der Waals surface area contributed by atoms with Gasteiger partial charge in [-0.25, -0.2) is 0 Å². The highest BCUT2D eigenvalue weighted by molar-refractivity contribution is 5.69. The number of rotatable bonds is 5. The minimum absolute atomic E-state index is 0.0967. The van der Waals surface area contributed by atoms with Gasteiger partial charge in [0.2, 0.25) is 0 Å². The Morgan fingerprint density at radius 2 is 1.93 bits per heavy atom. The maximum atomic E-state index is 11.0. The summed E-state index contributed by atoms with van der Waals surface area (Å²) in [4.78, 5) is 11.0. The predicted molar refractivity (Wildman–Crippen MR) is 56.2 cm³/mol. The van der Waals surface area contributed by atoms with Gasteiger partial charge in [0, 0.05) is 6.42 Å². The second kappa shape index (κ2) is 6.02. The molecule has 0 spiro atoms. The monoisotopic (exact) mass is 202 g/mol. The number of ether oxygens (including phenoxy) is 2. The van der Waals surface area contributed by atoms with Gasteiger partial charge in [0.25, 0.3) is 0 Å². The van der Waals surface area contributed by atoms with Crippen molar-refractivity contribution in [1.82, 2.24) is 0 Å². The van der Waals surface area contributed by atoms with E-state index in [1.54, 1.807) is 0 Å². The molecule has 0 fully saturated rings. The number of esters is 1. The van der Waals surface area contributed by atoms with Crippen LogP contribution in [0.2, 0.25) is 0 Å². The summed E-state index contributed by atoms with van der Waals surface area (Å²) in [7, 11) is 0. The zero-order chi connectivity index (χ0) is 11.2. The van der Waals surface area contributed by atoms with E-state index in [-0.39, 0.29) is 17.7 Å². The first-order chi connectivity index (χ1) is 6.35. The maximum absolute atomic E-state index is 11.0. The third kappa shape index (κ3) is 8.05. The second-order valence-corrected chi connectivity index (χ2v) is 4.38. The SMILES string of the molecule is CCOC(=O)CC[C@@H](C)OC(C)(C)C. The van der Waals surface area contributed by atoms with E-state index in [2.05, 4.69) is 0 Å². The van der Waals surface area contributed by atoms with Crippen molar-refractivity contribution >= 4 is 5.97 Å². The fourth-order valence-electron chi connectivity index (χ4n) is 1.22. The van der Waals surface area contributed by atoms with Crippen LogP contribution in [-0.2, 0) is 14.3 Å². The predicted octanol–water partition coefficient (Wildman–Crippen LogP) is 2.53. The Labute approximate surface area is 86.8 Å². The van der Waals surface area contributed by atoms with Crippen LogP contribution in [0.5, 0.6) is 0 Å². The summed E-state index contributed by atoms with van der Waals surface area (Å²) in [6.07, 6.45) is 1.25. The first-order valence-electron chi connectivity index (χ1n) is 5.18. The molecule has 1 atom stereocenters. The third-order valence-electron chi connectivity index (χ3n) is 1.62. The molecule has 84 valence electrons. The van der Waals surface area contributed by atoms with Gasteiger partial charge in [-0.1, -0.05) is 0 Å². The molecule has 3 nitrogen and oxygen atoms in total. The van der Waals surface area contributed by atoms with Gasteiger partial charge in [0.15, 0.2) is 0 Å². The summed E-state index contributed by atoms with van der Waals surface area (Å²) in [6, 6.07) is 0. The normalized spacial score (nSPS) is 13.8. The molecule has 0 amide bonds. The quantitative estimate of drug-likeness (QED) is 0.643. The average Bonchev–Trinajstić information content (AvgIpc) is 1.98. The van der Waals surface area contributed by atoms with Crippen LogP contribution in [0.15, 0.2) is 0 Å². The first-order valence-corrected chi connectivity index (χ1v) is 5.18. The molecule has 0 heterocycles. The van der Waals surface area contributed by atoms with E-state index in [1.807, 2.05) is 34.6 Å². The molecule has 14 heavy (non-hydrogen) atoms. The molecule has 0 aliphatic carbocycles. The Morgan fingerprint density at radius 1 is 1.36 bits per heavy atom. The summed E-state index contributed by atoms with van der Waals surface area (Å²) in [5.41, 5.74) is -0.145. The van der Waals surface area contributed by atoms with Gasteiger partial charge >= 0.3 is 5.97 Å². The van der Waals surface area contributed by atoms with Gasteiger partial charge in [-0.05, 0) is 41.0 Å². The van der Waals surface area contributed by atoms with Crippen LogP contribution in [0.25, 0.3) is 0 Å². The molecule has 0 N–H and O–H groups in total. The van der Waals surface area contributed by atoms with E-state index in [1.165, 1.54) is 0 Å². The van der Waals surface area contributed by atoms with E-state index in [4.69, 9.17) is 9.47 Å². The highest BCUT2D eigenvalue weighted by Gasteiger charge is 2.16.